The van der Waals surface area contributed by atoms with Crippen LogP contribution in [0.5, 0.6) is 0 Å². The van der Waals surface area contributed by atoms with Crippen molar-refractivity contribution in [2.45, 2.75) is 97.4 Å². The lowest BCUT2D eigenvalue weighted by atomic mass is 9.43. The third kappa shape index (κ3) is 2.64. The summed E-state index contributed by atoms with van der Waals surface area (Å²) in [6, 6.07) is 0. The Balaban J connectivity index is 1.42. The smallest absolute Gasteiger partial charge is 0.168 e. The summed E-state index contributed by atoms with van der Waals surface area (Å²) in [4.78, 5) is 0. The molecule has 9 atom stereocenters. The fourth-order valence-electron chi connectivity index (χ4n) is 9.18. The van der Waals surface area contributed by atoms with Crippen LogP contribution in [0.1, 0.15) is 85.5 Å². The fourth-order valence-corrected chi connectivity index (χ4v) is 9.18. The molecule has 5 rings (SSSR count). The van der Waals surface area contributed by atoms with Gasteiger partial charge in [0.15, 0.2) is 5.79 Å². The van der Waals surface area contributed by atoms with Crippen molar-refractivity contribution in [3.63, 3.8) is 0 Å². The molecule has 5 aliphatic rings. The SMILES string of the molecule is CC[C@@H](C)[C@H]1CCC2C3C(CC[C@@]21C)[C@@]1(C)CCC2(C[C@@H]1C[C@H]3O)OCCO2. The molecule has 0 bridgehead atoms. The molecule has 1 aliphatic heterocycles. The Kier molecular flexibility index (Phi) is 4.73. The van der Waals surface area contributed by atoms with E-state index < -0.39 is 0 Å². The van der Waals surface area contributed by atoms with Crippen LogP contribution in [0.2, 0.25) is 0 Å². The van der Waals surface area contributed by atoms with Gasteiger partial charge in [-0.05, 0) is 84.9 Å². The zero-order valence-electron chi connectivity index (χ0n) is 18.6. The molecule has 28 heavy (non-hydrogen) atoms. The fraction of sp³-hybridized carbons (Fsp3) is 1.00. The van der Waals surface area contributed by atoms with E-state index in [1.807, 2.05) is 0 Å². The minimum atomic E-state index is -0.324. The molecule has 0 radical (unpaired) electrons. The minimum absolute atomic E-state index is 0.125. The molecule has 1 saturated heterocycles. The molecule has 5 fully saturated rings. The molecule has 0 amide bonds. The summed E-state index contributed by atoms with van der Waals surface area (Å²) in [5, 5.41) is 11.5. The van der Waals surface area contributed by atoms with Gasteiger partial charge < -0.3 is 14.6 Å². The Bertz CT molecular complexity index is 599. The number of hydrogen-bond donors (Lipinski definition) is 1. The Morgan fingerprint density at radius 3 is 2.39 bits per heavy atom. The van der Waals surface area contributed by atoms with Crippen molar-refractivity contribution in [3.8, 4) is 0 Å². The maximum atomic E-state index is 11.5. The van der Waals surface area contributed by atoms with Gasteiger partial charge in [-0.2, -0.15) is 0 Å². The molecule has 1 heterocycles. The van der Waals surface area contributed by atoms with Gasteiger partial charge in [0.05, 0.1) is 19.3 Å². The second kappa shape index (κ2) is 6.69. The number of fused-ring (bicyclic) bond motifs is 5. The second-order valence-corrected chi connectivity index (χ2v) is 11.7. The standard InChI is InChI=1S/C25H42O3/c1-5-16(2)18-6-7-19-22-20(8-9-24(18,19)4)23(3)10-11-25(27-12-13-28-25)15-17(23)14-21(22)26/h16-22,26H,5-15H2,1-4H3/t16-,17+,18-,19?,20?,21-,22?,23+,24-/m1/s1. The lowest BCUT2D eigenvalue weighted by Gasteiger charge is -2.63. The summed E-state index contributed by atoms with van der Waals surface area (Å²) in [7, 11) is 0. The Morgan fingerprint density at radius 1 is 0.964 bits per heavy atom. The minimum Gasteiger partial charge on any atom is -0.393 e. The van der Waals surface area contributed by atoms with E-state index in [2.05, 4.69) is 27.7 Å². The quantitative estimate of drug-likeness (QED) is 0.685. The van der Waals surface area contributed by atoms with E-state index in [1.165, 1.54) is 38.5 Å². The van der Waals surface area contributed by atoms with Gasteiger partial charge in [-0.1, -0.05) is 34.1 Å². The second-order valence-electron chi connectivity index (χ2n) is 11.7. The first-order valence-electron chi connectivity index (χ1n) is 12.3. The molecule has 3 nitrogen and oxygen atoms in total. The molecule has 0 aromatic heterocycles. The lowest BCUT2D eigenvalue weighted by molar-refractivity contribution is -0.243. The van der Waals surface area contributed by atoms with Gasteiger partial charge in [-0.3, -0.25) is 0 Å². The summed E-state index contributed by atoms with van der Waals surface area (Å²) in [6.45, 7) is 11.5. The summed E-state index contributed by atoms with van der Waals surface area (Å²) in [6.07, 6.45) is 10.8. The maximum Gasteiger partial charge on any atom is 0.168 e. The summed E-state index contributed by atoms with van der Waals surface area (Å²) in [5.74, 6) is 3.84. The van der Waals surface area contributed by atoms with Gasteiger partial charge in [0, 0.05) is 12.8 Å². The van der Waals surface area contributed by atoms with Crippen molar-refractivity contribution in [3.05, 3.63) is 0 Å². The third-order valence-electron chi connectivity index (χ3n) is 10.9. The van der Waals surface area contributed by atoms with Crippen LogP contribution in [-0.4, -0.2) is 30.2 Å². The molecule has 3 heteroatoms. The molecular formula is C25H42O3. The largest absolute Gasteiger partial charge is 0.393 e. The third-order valence-corrected chi connectivity index (χ3v) is 10.9. The zero-order chi connectivity index (χ0) is 19.7. The Hall–Kier alpha value is -0.120. The van der Waals surface area contributed by atoms with Gasteiger partial charge in [0.2, 0.25) is 0 Å². The van der Waals surface area contributed by atoms with Crippen molar-refractivity contribution in [1.82, 2.24) is 0 Å². The lowest BCUT2D eigenvalue weighted by Crippen LogP contribution is -2.60. The summed E-state index contributed by atoms with van der Waals surface area (Å²) < 4.78 is 12.2. The predicted octanol–water partition coefficient (Wildman–Crippen LogP) is 5.41. The highest BCUT2D eigenvalue weighted by Gasteiger charge is 2.64. The van der Waals surface area contributed by atoms with E-state index >= 15 is 0 Å². The highest BCUT2D eigenvalue weighted by atomic mass is 16.7. The Morgan fingerprint density at radius 2 is 1.68 bits per heavy atom. The van der Waals surface area contributed by atoms with E-state index in [0.717, 1.165) is 50.2 Å². The molecule has 4 saturated carbocycles. The summed E-state index contributed by atoms with van der Waals surface area (Å²) in [5.41, 5.74) is 0.814. The number of rotatable bonds is 2. The molecule has 1 N–H and O–H groups in total. The summed E-state index contributed by atoms with van der Waals surface area (Å²) >= 11 is 0. The normalized spacial score (nSPS) is 53.5. The molecule has 160 valence electrons. The molecule has 3 unspecified atom stereocenters. The van der Waals surface area contributed by atoms with Crippen LogP contribution in [0.25, 0.3) is 0 Å². The average molecular weight is 391 g/mol. The van der Waals surface area contributed by atoms with Crippen molar-refractivity contribution in [1.29, 1.82) is 0 Å². The van der Waals surface area contributed by atoms with Crippen LogP contribution in [0, 0.1) is 46.3 Å². The number of ether oxygens (including phenoxy) is 2. The predicted molar refractivity (Wildman–Crippen MR) is 111 cm³/mol. The monoisotopic (exact) mass is 390 g/mol. The van der Waals surface area contributed by atoms with Crippen LogP contribution in [0.3, 0.4) is 0 Å². The highest BCUT2D eigenvalue weighted by molar-refractivity contribution is 5.12. The topological polar surface area (TPSA) is 38.7 Å². The molecule has 0 aromatic rings. The van der Waals surface area contributed by atoms with Crippen LogP contribution < -0.4 is 0 Å². The first kappa shape index (κ1) is 19.8. The van der Waals surface area contributed by atoms with Crippen molar-refractivity contribution in [2.24, 2.45) is 46.3 Å². The molecular weight excluding hydrogens is 348 g/mol. The van der Waals surface area contributed by atoms with E-state index in [-0.39, 0.29) is 11.9 Å². The van der Waals surface area contributed by atoms with Crippen LogP contribution in [0.15, 0.2) is 0 Å². The average Bonchev–Trinajstić information content (AvgIpc) is 3.27. The van der Waals surface area contributed by atoms with Crippen LogP contribution in [-0.2, 0) is 9.47 Å². The Labute approximate surface area is 171 Å². The van der Waals surface area contributed by atoms with Gasteiger partial charge in [0.25, 0.3) is 0 Å². The molecule has 0 aromatic carbocycles. The van der Waals surface area contributed by atoms with Gasteiger partial charge in [-0.25, -0.2) is 0 Å². The molecule has 1 spiro atoms. The number of aliphatic hydroxyl groups excluding tert-OH is 1. The van der Waals surface area contributed by atoms with Crippen LogP contribution in [0.4, 0.5) is 0 Å². The number of hydrogen-bond acceptors (Lipinski definition) is 3. The van der Waals surface area contributed by atoms with Gasteiger partial charge in [0.1, 0.15) is 0 Å². The maximum absolute atomic E-state index is 11.5. The van der Waals surface area contributed by atoms with Crippen molar-refractivity contribution in [2.75, 3.05) is 13.2 Å². The first-order valence-corrected chi connectivity index (χ1v) is 12.3. The first-order chi connectivity index (χ1) is 13.3. The van der Waals surface area contributed by atoms with E-state index in [0.29, 0.717) is 28.6 Å². The zero-order valence-corrected chi connectivity index (χ0v) is 18.6. The van der Waals surface area contributed by atoms with E-state index in [9.17, 15) is 5.11 Å². The van der Waals surface area contributed by atoms with Crippen molar-refractivity contribution >= 4 is 0 Å². The van der Waals surface area contributed by atoms with Crippen LogP contribution >= 0.6 is 0 Å². The number of aliphatic hydroxyl groups is 1. The van der Waals surface area contributed by atoms with E-state index in [1.54, 1.807) is 0 Å². The van der Waals surface area contributed by atoms with E-state index in [4.69, 9.17) is 9.47 Å². The highest BCUT2D eigenvalue weighted by Crippen LogP contribution is 2.69. The molecule has 4 aliphatic carbocycles. The van der Waals surface area contributed by atoms with Gasteiger partial charge >= 0.3 is 0 Å². The van der Waals surface area contributed by atoms with Crippen molar-refractivity contribution < 1.29 is 14.6 Å². The van der Waals surface area contributed by atoms with Gasteiger partial charge in [-0.15, -0.1) is 0 Å².